The fourth-order valence-corrected chi connectivity index (χ4v) is 4.65. The number of aromatic nitrogens is 2. The molecule has 120 valence electrons. The van der Waals surface area contributed by atoms with Crippen molar-refractivity contribution in [3.63, 3.8) is 0 Å². The molecule has 0 spiro atoms. The van der Waals surface area contributed by atoms with Gasteiger partial charge in [0.05, 0.1) is 18.0 Å². The zero-order valence-electron chi connectivity index (χ0n) is 13.0. The minimum Gasteiger partial charge on any atom is -0.353 e. The largest absolute Gasteiger partial charge is 0.353 e. The maximum absolute atomic E-state index is 10.9. The number of nitrogens with zero attached hydrogens (tertiary/aromatic N) is 1. The van der Waals surface area contributed by atoms with E-state index in [0.717, 1.165) is 57.3 Å². The average Bonchev–Trinajstić information content (AvgIpc) is 3.28. The van der Waals surface area contributed by atoms with Crippen molar-refractivity contribution in [2.24, 2.45) is 5.41 Å². The van der Waals surface area contributed by atoms with Crippen LogP contribution in [0, 0.1) is 5.41 Å². The first-order chi connectivity index (χ1) is 10.7. The molecule has 1 aromatic heterocycles. The van der Waals surface area contributed by atoms with Gasteiger partial charge in [-0.3, -0.25) is 9.89 Å². The van der Waals surface area contributed by atoms with Gasteiger partial charge in [0.2, 0.25) is 0 Å². The number of H-pyrrole nitrogens is 1. The molecule has 3 aliphatic rings. The first-order valence-electron chi connectivity index (χ1n) is 8.48. The van der Waals surface area contributed by atoms with Crippen LogP contribution in [0.3, 0.4) is 0 Å². The summed E-state index contributed by atoms with van der Waals surface area (Å²) in [5.74, 6) is 0. The van der Waals surface area contributed by atoms with Crippen LogP contribution >= 0.6 is 0 Å². The van der Waals surface area contributed by atoms with Gasteiger partial charge in [-0.2, -0.15) is 5.10 Å². The molecule has 2 aliphatic carbocycles. The number of fused-ring (bicyclic) bond motifs is 2. The highest BCUT2D eigenvalue weighted by atomic mass is 16.7. The highest BCUT2D eigenvalue weighted by Gasteiger charge is 2.56. The molecule has 4 rings (SSSR count). The number of nitrogens with one attached hydrogen (secondary N) is 1. The molecular weight excluding hydrogens is 280 g/mol. The predicted molar refractivity (Wildman–Crippen MR) is 80.7 cm³/mol. The van der Waals surface area contributed by atoms with Crippen molar-refractivity contribution in [1.29, 1.82) is 0 Å². The lowest BCUT2D eigenvalue weighted by molar-refractivity contribution is -0.178. The van der Waals surface area contributed by atoms with E-state index < -0.39 is 0 Å². The zero-order valence-corrected chi connectivity index (χ0v) is 13.0. The van der Waals surface area contributed by atoms with E-state index in [1.807, 2.05) is 6.07 Å². The first kappa shape index (κ1) is 14.4. The molecular formula is C17H24N2O3. The number of hydrogen-bond donors (Lipinski definition) is 1. The lowest BCUT2D eigenvalue weighted by Gasteiger charge is -2.30. The van der Waals surface area contributed by atoms with Gasteiger partial charge in [0, 0.05) is 12.0 Å². The molecule has 1 aromatic rings. The Labute approximate surface area is 130 Å². The van der Waals surface area contributed by atoms with Crippen molar-refractivity contribution in [2.45, 2.75) is 63.1 Å². The Morgan fingerprint density at radius 1 is 1.36 bits per heavy atom. The average molecular weight is 304 g/mol. The monoisotopic (exact) mass is 304 g/mol. The van der Waals surface area contributed by atoms with Crippen LogP contribution in [0.4, 0.5) is 0 Å². The molecule has 0 radical (unpaired) electrons. The van der Waals surface area contributed by atoms with Crippen molar-refractivity contribution in [3.8, 4) is 0 Å². The Balaban J connectivity index is 1.42. The van der Waals surface area contributed by atoms with Crippen molar-refractivity contribution in [1.82, 2.24) is 10.2 Å². The molecule has 2 heterocycles. The SMILES string of the molecule is O=Cc1cc(C23CCC(COC4CCCCO4)(CC2)C3)n[nH]1. The highest BCUT2D eigenvalue weighted by molar-refractivity contribution is 5.71. The van der Waals surface area contributed by atoms with E-state index in [-0.39, 0.29) is 11.7 Å². The molecule has 5 heteroatoms. The van der Waals surface area contributed by atoms with Gasteiger partial charge in [0.1, 0.15) is 0 Å². The quantitative estimate of drug-likeness (QED) is 0.849. The van der Waals surface area contributed by atoms with Crippen LogP contribution in [0.15, 0.2) is 6.07 Å². The predicted octanol–water partition coefficient (Wildman–Crippen LogP) is 2.97. The number of carbonyl (C=O) groups is 1. The molecule has 5 nitrogen and oxygen atoms in total. The van der Waals surface area contributed by atoms with Gasteiger partial charge in [-0.15, -0.1) is 0 Å². The summed E-state index contributed by atoms with van der Waals surface area (Å²) in [7, 11) is 0. The third-order valence-corrected chi connectivity index (χ3v) is 5.96. The number of rotatable bonds is 5. The van der Waals surface area contributed by atoms with Crippen LogP contribution < -0.4 is 0 Å². The lowest BCUT2D eigenvalue weighted by Crippen LogP contribution is -2.29. The van der Waals surface area contributed by atoms with Gasteiger partial charge in [-0.25, -0.2) is 0 Å². The molecule has 1 unspecified atom stereocenters. The van der Waals surface area contributed by atoms with Gasteiger partial charge < -0.3 is 9.47 Å². The summed E-state index contributed by atoms with van der Waals surface area (Å²) in [5.41, 5.74) is 2.11. The Morgan fingerprint density at radius 3 is 2.91 bits per heavy atom. The summed E-state index contributed by atoms with van der Waals surface area (Å²) in [5, 5.41) is 7.23. The van der Waals surface area contributed by atoms with E-state index in [2.05, 4.69) is 10.2 Å². The Kier molecular flexibility index (Phi) is 3.57. The van der Waals surface area contributed by atoms with Crippen LogP contribution in [-0.2, 0) is 14.9 Å². The molecule has 3 fully saturated rings. The van der Waals surface area contributed by atoms with Crippen molar-refractivity contribution in [3.05, 3.63) is 17.5 Å². The van der Waals surface area contributed by atoms with Gasteiger partial charge in [-0.05, 0) is 62.8 Å². The topological polar surface area (TPSA) is 64.2 Å². The van der Waals surface area contributed by atoms with E-state index in [1.165, 1.54) is 19.3 Å². The van der Waals surface area contributed by atoms with E-state index in [1.54, 1.807) is 0 Å². The number of aldehydes is 1. The Morgan fingerprint density at radius 2 is 2.23 bits per heavy atom. The zero-order chi connectivity index (χ0) is 15.0. The van der Waals surface area contributed by atoms with E-state index in [0.29, 0.717) is 11.1 Å². The van der Waals surface area contributed by atoms with E-state index >= 15 is 0 Å². The van der Waals surface area contributed by atoms with Gasteiger partial charge >= 0.3 is 0 Å². The second-order valence-electron chi connectivity index (χ2n) is 7.39. The van der Waals surface area contributed by atoms with E-state index in [4.69, 9.17) is 9.47 Å². The van der Waals surface area contributed by atoms with Gasteiger partial charge in [0.15, 0.2) is 12.6 Å². The van der Waals surface area contributed by atoms with Gasteiger partial charge in [-0.1, -0.05) is 0 Å². The number of ether oxygens (including phenoxy) is 2. The summed E-state index contributed by atoms with van der Waals surface area (Å²) < 4.78 is 11.8. The third kappa shape index (κ3) is 2.40. The standard InChI is InChI=1S/C17H24N2O3/c20-10-13-9-14(19-18-13)17-6-4-16(11-17,5-7-17)12-22-15-3-1-2-8-21-15/h9-10,15H,1-8,11-12H2,(H,18,19). The first-order valence-corrected chi connectivity index (χ1v) is 8.48. The minimum atomic E-state index is 0.00535. The smallest absolute Gasteiger partial charge is 0.167 e. The molecule has 0 aromatic carbocycles. The summed E-state index contributed by atoms with van der Waals surface area (Å²) in [6, 6.07) is 1.93. The molecule has 22 heavy (non-hydrogen) atoms. The maximum Gasteiger partial charge on any atom is 0.167 e. The van der Waals surface area contributed by atoms with Gasteiger partial charge in [0.25, 0.3) is 0 Å². The summed E-state index contributed by atoms with van der Waals surface area (Å²) in [4.78, 5) is 10.9. The number of carbonyl (C=O) groups excluding carboxylic acids is 1. The number of aromatic amines is 1. The Hall–Kier alpha value is -1.20. The van der Waals surface area contributed by atoms with Crippen LogP contribution in [0.1, 0.15) is 67.5 Å². The summed E-state index contributed by atoms with van der Waals surface area (Å²) in [6.07, 6.45) is 10.1. The second kappa shape index (κ2) is 5.46. The summed E-state index contributed by atoms with van der Waals surface area (Å²) >= 11 is 0. The minimum absolute atomic E-state index is 0.00535. The molecule has 2 saturated carbocycles. The van der Waals surface area contributed by atoms with Crippen LogP contribution in [0.25, 0.3) is 0 Å². The van der Waals surface area contributed by atoms with Crippen LogP contribution in [0.5, 0.6) is 0 Å². The van der Waals surface area contributed by atoms with Crippen LogP contribution in [-0.4, -0.2) is 36.0 Å². The lowest BCUT2D eigenvalue weighted by atomic mass is 9.80. The summed E-state index contributed by atoms with van der Waals surface area (Å²) in [6.45, 7) is 1.65. The Bertz CT molecular complexity index is 540. The highest BCUT2D eigenvalue weighted by Crippen LogP contribution is 2.62. The fraction of sp³-hybridized carbons (Fsp3) is 0.765. The van der Waals surface area contributed by atoms with Crippen molar-refractivity contribution < 1.29 is 14.3 Å². The van der Waals surface area contributed by atoms with Crippen LogP contribution in [0.2, 0.25) is 0 Å². The molecule has 0 amide bonds. The number of hydrogen-bond acceptors (Lipinski definition) is 4. The molecule has 1 saturated heterocycles. The third-order valence-electron chi connectivity index (χ3n) is 5.96. The fourth-order valence-electron chi connectivity index (χ4n) is 4.65. The normalized spacial score (nSPS) is 37.5. The molecule has 1 atom stereocenters. The maximum atomic E-state index is 10.9. The molecule has 2 bridgehead atoms. The van der Waals surface area contributed by atoms with Crippen molar-refractivity contribution >= 4 is 6.29 Å². The van der Waals surface area contributed by atoms with Crippen molar-refractivity contribution in [2.75, 3.05) is 13.2 Å². The second-order valence-corrected chi connectivity index (χ2v) is 7.39. The van der Waals surface area contributed by atoms with E-state index in [9.17, 15) is 4.79 Å². The molecule has 1 N–H and O–H groups in total. The molecule has 1 aliphatic heterocycles.